The van der Waals surface area contributed by atoms with Crippen LogP contribution in [0.4, 0.5) is 5.69 Å². The Balaban J connectivity index is 1.96. The minimum Gasteiger partial charge on any atom is -0.352 e. The van der Waals surface area contributed by atoms with Crippen molar-refractivity contribution in [2.75, 3.05) is 20.6 Å². The second-order valence-corrected chi connectivity index (χ2v) is 6.64. The molecule has 0 aromatic heterocycles. The number of amides is 2. The van der Waals surface area contributed by atoms with Crippen LogP contribution < -0.4 is 10.6 Å². The summed E-state index contributed by atoms with van der Waals surface area (Å²) in [5, 5.41) is 16.2. The van der Waals surface area contributed by atoms with Gasteiger partial charge in [0.2, 0.25) is 5.91 Å². The minimum absolute atomic E-state index is 0.00942. The highest BCUT2D eigenvalue weighted by Gasteiger charge is 2.20. The SMILES string of the molecule is CC(NC(=O)c1cccc([N+](=O)[O-])c1)C(=O)NCC(c1ccccc1)N(C)C. The highest BCUT2D eigenvalue weighted by atomic mass is 16.6. The summed E-state index contributed by atoms with van der Waals surface area (Å²) in [6, 6.07) is 14.4. The van der Waals surface area contributed by atoms with E-state index in [1.165, 1.54) is 24.3 Å². The van der Waals surface area contributed by atoms with Gasteiger partial charge in [0.05, 0.1) is 11.0 Å². The summed E-state index contributed by atoms with van der Waals surface area (Å²) in [5.41, 5.74) is 1.02. The van der Waals surface area contributed by atoms with E-state index in [0.29, 0.717) is 6.54 Å². The first-order chi connectivity index (χ1) is 13.3. The zero-order chi connectivity index (χ0) is 20.7. The third-order valence-corrected chi connectivity index (χ3v) is 4.34. The molecule has 0 aliphatic heterocycles. The zero-order valence-electron chi connectivity index (χ0n) is 16.1. The largest absolute Gasteiger partial charge is 0.352 e. The molecule has 0 aliphatic rings. The quantitative estimate of drug-likeness (QED) is 0.536. The number of nitrogens with one attached hydrogen (secondary N) is 2. The van der Waals surface area contributed by atoms with Crippen molar-refractivity contribution in [1.29, 1.82) is 0 Å². The molecule has 8 nitrogen and oxygen atoms in total. The lowest BCUT2D eigenvalue weighted by Crippen LogP contribution is -2.46. The van der Waals surface area contributed by atoms with Gasteiger partial charge in [0, 0.05) is 24.2 Å². The molecule has 148 valence electrons. The summed E-state index contributed by atoms with van der Waals surface area (Å²) in [4.78, 5) is 36.9. The van der Waals surface area contributed by atoms with Gasteiger partial charge in [-0.05, 0) is 32.6 Å². The van der Waals surface area contributed by atoms with E-state index >= 15 is 0 Å². The summed E-state index contributed by atoms with van der Waals surface area (Å²) < 4.78 is 0. The molecule has 0 aliphatic carbocycles. The van der Waals surface area contributed by atoms with Crippen LogP contribution in [0.3, 0.4) is 0 Å². The molecule has 2 aromatic carbocycles. The van der Waals surface area contributed by atoms with Crippen molar-refractivity contribution < 1.29 is 14.5 Å². The van der Waals surface area contributed by atoms with E-state index in [4.69, 9.17) is 0 Å². The number of non-ortho nitro benzene ring substituents is 1. The van der Waals surface area contributed by atoms with Gasteiger partial charge in [0.1, 0.15) is 6.04 Å². The summed E-state index contributed by atoms with van der Waals surface area (Å²) in [5.74, 6) is -0.875. The van der Waals surface area contributed by atoms with Gasteiger partial charge in [-0.2, -0.15) is 0 Å². The number of hydrogen-bond acceptors (Lipinski definition) is 5. The fourth-order valence-corrected chi connectivity index (χ4v) is 2.73. The third-order valence-electron chi connectivity index (χ3n) is 4.34. The molecular weight excluding hydrogens is 360 g/mol. The molecule has 0 bridgehead atoms. The normalized spacial score (nSPS) is 12.9. The fourth-order valence-electron chi connectivity index (χ4n) is 2.73. The average molecular weight is 384 g/mol. The predicted octanol–water partition coefficient (Wildman–Crippen LogP) is 2.13. The second kappa shape index (κ2) is 9.61. The van der Waals surface area contributed by atoms with E-state index in [1.807, 2.05) is 49.3 Å². The molecule has 2 aromatic rings. The Morgan fingerprint density at radius 3 is 2.39 bits per heavy atom. The average Bonchev–Trinajstić information content (AvgIpc) is 2.68. The first-order valence-electron chi connectivity index (χ1n) is 8.84. The monoisotopic (exact) mass is 384 g/mol. The Morgan fingerprint density at radius 1 is 1.11 bits per heavy atom. The fraction of sp³-hybridized carbons (Fsp3) is 0.300. The Hall–Kier alpha value is -3.26. The number of rotatable bonds is 8. The van der Waals surface area contributed by atoms with E-state index in [0.717, 1.165) is 5.56 Å². The Morgan fingerprint density at radius 2 is 1.79 bits per heavy atom. The van der Waals surface area contributed by atoms with Gasteiger partial charge in [-0.1, -0.05) is 36.4 Å². The lowest BCUT2D eigenvalue weighted by molar-refractivity contribution is -0.384. The van der Waals surface area contributed by atoms with Crippen molar-refractivity contribution in [2.24, 2.45) is 0 Å². The topological polar surface area (TPSA) is 105 Å². The Bertz CT molecular complexity index is 839. The van der Waals surface area contributed by atoms with Crippen LogP contribution in [0.15, 0.2) is 54.6 Å². The smallest absolute Gasteiger partial charge is 0.270 e. The van der Waals surface area contributed by atoms with E-state index in [9.17, 15) is 19.7 Å². The number of carbonyl (C=O) groups is 2. The van der Waals surface area contributed by atoms with Crippen LogP contribution in [0.25, 0.3) is 0 Å². The molecule has 2 N–H and O–H groups in total. The number of nitrogens with zero attached hydrogens (tertiary/aromatic N) is 2. The van der Waals surface area contributed by atoms with Crippen molar-refractivity contribution in [3.63, 3.8) is 0 Å². The number of likely N-dealkylation sites (N-methyl/N-ethyl adjacent to an activating group) is 1. The molecule has 2 rings (SSSR count). The van der Waals surface area contributed by atoms with Crippen molar-refractivity contribution in [2.45, 2.75) is 19.0 Å². The number of nitro groups is 1. The van der Waals surface area contributed by atoms with Gasteiger partial charge in [-0.3, -0.25) is 19.7 Å². The highest BCUT2D eigenvalue weighted by Crippen LogP contribution is 2.17. The molecule has 2 atom stereocenters. The van der Waals surface area contributed by atoms with Gasteiger partial charge >= 0.3 is 0 Å². The summed E-state index contributed by atoms with van der Waals surface area (Å²) in [6.07, 6.45) is 0. The zero-order valence-corrected chi connectivity index (χ0v) is 16.1. The van der Waals surface area contributed by atoms with E-state index in [1.54, 1.807) is 6.92 Å². The molecule has 0 spiro atoms. The van der Waals surface area contributed by atoms with Crippen molar-refractivity contribution in [3.05, 3.63) is 75.8 Å². The van der Waals surface area contributed by atoms with Crippen molar-refractivity contribution in [3.8, 4) is 0 Å². The van der Waals surface area contributed by atoms with E-state index in [-0.39, 0.29) is 23.2 Å². The van der Waals surface area contributed by atoms with Crippen LogP contribution in [-0.2, 0) is 4.79 Å². The van der Waals surface area contributed by atoms with E-state index in [2.05, 4.69) is 10.6 Å². The van der Waals surface area contributed by atoms with Crippen molar-refractivity contribution >= 4 is 17.5 Å². The van der Waals surface area contributed by atoms with Crippen molar-refractivity contribution in [1.82, 2.24) is 15.5 Å². The molecule has 0 saturated carbocycles. The summed E-state index contributed by atoms with van der Waals surface area (Å²) in [6.45, 7) is 1.95. The predicted molar refractivity (Wildman–Crippen MR) is 106 cm³/mol. The van der Waals surface area contributed by atoms with Crippen LogP contribution in [0, 0.1) is 10.1 Å². The molecule has 2 unspecified atom stereocenters. The van der Waals surface area contributed by atoms with Gasteiger partial charge in [0.25, 0.3) is 11.6 Å². The minimum atomic E-state index is -0.787. The molecule has 0 saturated heterocycles. The van der Waals surface area contributed by atoms with E-state index < -0.39 is 16.9 Å². The van der Waals surface area contributed by atoms with Crippen LogP contribution in [0.2, 0.25) is 0 Å². The Labute approximate surface area is 163 Å². The maximum absolute atomic E-state index is 12.4. The number of hydrogen-bond donors (Lipinski definition) is 2. The first kappa shape index (κ1) is 21.0. The molecule has 0 fully saturated rings. The Kier molecular flexibility index (Phi) is 7.22. The van der Waals surface area contributed by atoms with Crippen LogP contribution in [0.5, 0.6) is 0 Å². The lowest BCUT2D eigenvalue weighted by Gasteiger charge is -2.26. The lowest BCUT2D eigenvalue weighted by atomic mass is 10.1. The number of nitro benzene ring substituents is 1. The molecular formula is C20H24N4O4. The van der Waals surface area contributed by atoms with Gasteiger partial charge in [0.15, 0.2) is 0 Å². The maximum atomic E-state index is 12.4. The summed E-state index contributed by atoms with van der Waals surface area (Å²) >= 11 is 0. The first-order valence-corrected chi connectivity index (χ1v) is 8.84. The van der Waals surface area contributed by atoms with Crippen LogP contribution in [0.1, 0.15) is 28.9 Å². The maximum Gasteiger partial charge on any atom is 0.270 e. The molecule has 0 heterocycles. The summed E-state index contributed by atoms with van der Waals surface area (Å²) in [7, 11) is 3.86. The van der Waals surface area contributed by atoms with Gasteiger partial charge < -0.3 is 15.5 Å². The van der Waals surface area contributed by atoms with Gasteiger partial charge in [-0.25, -0.2) is 0 Å². The molecule has 8 heteroatoms. The third kappa shape index (κ3) is 5.62. The molecule has 2 amide bonds. The second-order valence-electron chi connectivity index (χ2n) is 6.64. The number of benzene rings is 2. The van der Waals surface area contributed by atoms with Crippen LogP contribution in [-0.4, -0.2) is 48.3 Å². The highest BCUT2D eigenvalue weighted by molar-refractivity contribution is 5.97. The van der Waals surface area contributed by atoms with Crippen LogP contribution >= 0.6 is 0 Å². The van der Waals surface area contributed by atoms with Gasteiger partial charge in [-0.15, -0.1) is 0 Å². The standard InChI is InChI=1S/C20H24N4O4/c1-14(22-20(26)16-10-7-11-17(12-16)24(27)28)19(25)21-13-18(23(2)3)15-8-5-4-6-9-15/h4-12,14,18H,13H2,1-3H3,(H,21,25)(H,22,26). The molecule has 28 heavy (non-hydrogen) atoms. The molecule has 0 radical (unpaired) electrons. The number of carbonyl (C=O) groups excluding carboxylic acids is 2.